The van der Waals surface area contributed by atoms with Gasteiger partial charge in [-0.15, -0.1) is 0 Å². The molecule has 5 heteroatoms. The van der Waals surface area contributed by atoms with Gasteiger partial charge in [-0.05, 0) is 25.0 Å². The number of carbonyl (C=O) groups is 1. The first kappa shape index (κ1) is 18.6. The zero-order valence-corrected chi connectivity index (χ0v) is 15.6. The van der Waals surface area contributed by atoms with Crippen molar-refractivity contribution in [3.8, 4) is 5.75 Å². The van der Waals surface area contributed by atoms with Crippen molar-refractivity contribution in [1.29, 1.82) is 0 Å². The van der Waals surface area contributed by atoms with Crippen LogP contribution in [0.25, 0.3) is 0 Å². The summed E-state index contributed by atoms with van der Waals surface area (Å²) in [6.45, 7) is 4.59. The molecule has 0 bridgehead atoms. The van der Waals surface area contributed by atoms with Crippen LogP contribution in [0.4, 0.5) is 0 Å². The maximum atomic E-state index is 12.3. The van der Waals surface area contributed by atoms with Gasteiger partial charge in [0.15, 0.2) is 5.75 Å². The largest absolute Gasteiger partial charge is 0.466 e. The molecule has 0 fully saturated rings. The number of hydrogen-bond donors (Lipinski definition) is 0. The Labute approximate surface area is 154 Å². The molecular formula is C21H27NO4. The molecule has 140 valence electrons. The Morgan fingerprint density at radius 1 is 1.27 bits per heavy atom. The summed E-state index contributed by atoms with van der Waals surface area (Å²) in [6, 6.07) is 3.72. The molecule has 5 nitrogen and oxygen atoms in total. The molecule has 0 N–H and O–H groups in total. The molecule has 1 unspecified atom stereocenters. The van der Waals surface area contributed by atoms with E-state index >= 15 is 0 Å². The predicted octanol–water partition coefficient (Wildman–Crippen LogP) is 5.12. The van der Waals surface area contributed by atoms with Crippen LogP contribution in [-0.2, 0) is 22.6 Å². The topological polar surface area (TPSA) is 61.6 Å². The van der Waals surface area contributed by atoms with E-state index in [1.54, 1.807) is 6.26 Å². The zero-order valence-electron chi connectivity index (χ0n) is 15.6. The SMILES string of the molecule is CCCCCCCC(=O)Oc1c(CC)ncc2c1COC2c1ccco1. The first-order chi connectivity index (χ1) is 12.7. The molecule has 2 aromatic rings. The second-order valence-corrected chi connectivity index (χ2v) is 6.67. The number of ether oxygens (including phenoxy) is 2. The molecule has 0 amide bonds. The second-order valence-electron chi connectivity index (χ2n) is 6.67. The van der Waals surface area contributed by atoms with E-state index < -0.39 is 0 Å². The number of pyridine rings is 1. The van der Waals surface area contributed by atoms with Gasteiger partial charge < -0.3 is 13.9 Å². The summed E-state index contributed by atoms with van der Waals surface area (Å²) in [5, 5.41) is 0. The third-order valence-corrected chi connectivity index (χ3v) is 4.76. The molecule has 3 rings (SSSR count). The maximum absolute atomic E-state index is 12.3. The highest BCUT2D eigenvalue weighted by atomic mass is 16.5. The fraction of sp³-hybridized carbons (Fsp3) is 0.524. The highest BCUT2D eigenvalue weighted by molar-refractivity contribution is 5.73. The highest BCUT2D eigenvalue weighted by Crippen LogP contribution is 2.41. The normalized spacial score (nSPS) is 15.8. The van der Waals surface area contributed by atoms with Crippen molar-refractivity contribution in [3.05, 3.63) is 47.2 Å². The van der Waals surface area contributed by atoms with Crippen molar-refractivity contribution in [2.24, 2.45) is 0 Å². The van der Waals surface area contributed by atoms with Crippen molar-refractivity contribution in [2.75, 3.05) is 0 Å². The lowest BCUT2D eigenvalue weighted by atomic mass is 10.0. The highest BCUT2D eigenvalue weighted by Gasteiger charge is 2.32. The summed E-state index contributed by atoms with van der Waals surface area (Å²) in [5.41, 5.74) is 2.63. The summed E-state index contributed by atoms with van der Waals surface area (Å²) in [4.78, 5) is 16.8. The van der Waals surface area contributed by atoms with Crippen LogP contribution in [0.2, 0.25) is 0 Å². The van der Waals surface area contributed by atoms with Gasteiger partial charge in [-0.3, -0.25) is 9.78 Å². The van der Waals surface area contributed by atoms with Gasteiger partial charge in [-0.1, -0.05) is 39.5 Å². The molecule has 0 aliphatic carbocycles. The maximum Gasteiger partial charge on any atom is 0.311 e. The fourth-order valence-electron chi connectivity index (χ4n) is 3.31. The number of unbranched alkanes of at least 4 members (excludes halogenated alkanes) is 4. The van der Waals surface area contributed by atoms with Crippen molar-refractivity contribution in [1.82, 2.24) is 4.98 Å². The molecule has 0 spiro atoms. The molecule has 2 aromatic heterocycles. The third-order valence-electron chi connectivity index (χ3n) is 4.76. The number of aromatic nitrogens is 1. The summed E-state index contributed by atoms with van der Waals surface area (Å²) >= 11 is 0. The Bertz CT molecular complexity index is 724. The Morgan fingerprint density at radius 3 is 2.85 bits per heavy atom. The molecule has 26 heavy (non-hydrogen) atoms. The van der Waals surface area contributed by atoms with Crippen LogP contribution in [0.1, 0.15) is 81.1 Å². The second kappa shape index (κ2) is 8.99. The summed E-state index contributed by atoms with van der Waals surface area (Å²) in [6.07, 6.45) is 9.83. The van der Waals surface area contributed by atoms with E-state index in [1.807, 2.05) is 25.3 Å². The number of hydrogen-bond acceptors (Lipinski definition) is 5. The predicted molar refractivity (Wildman–Crippen MR) is 98.0 cm³/mol. The summed E-state index contributed by atoms with van der Waals surface area (Å²) < 4.78 is 17.1. The molecule has 0 saturated carbocycles. The third kappa shape index (κ3) is 4.15. The van der Waals surface area contributed by atoms with Crippen molar-refractivity contribution in [3.63, 3.8) is 0 Å². The summed E-state index contributed by atoms with van der Waals surface area (Å²) in [5.74, 6) is 1.13. The van der Waals surface area contributed by atoms with Gasteiger partial charge in [-0.2, -0.15) is 0 Å². The quantitative estimate of drug-likeness (QED) is 0.460. The molecule has 1 aliphatic heterocycles. The fourth-order valence-corrected chi connectivity index (χ4v) is 3.31. The first-order valence-corrected chi connectivity index (χ1v) is 9.60. The standard InChI is InChI=1S/C21H27NO4/c1-3-5-6-7-8-11-19(23)26-20-16-14-25-21(18-10-9-12-24-18)15(16)13-22-17(20)4-2/h9-10,12-13,21H,3-8,11,14H2,1-2H3. The van der Waals surface area contributed by atoms with E-state index in [2.05, 4.69) is 11.9 Å². The number of rotatable bonds is 9. The van der Waals surface area contributed by atoms with E-state index in [1.165, 1.54) is 19.3 Å². The van der Waals surface area contributed by atoms with E-state index in [0.29, 0.717) is 25.2 Å². The lowest BCUT2D eigenvalue weighted by Gasteiger charge is -2.13. The molecule has 1 atom stereocenters. The van der Waals surface area contributed by atoms with Gasteiger partial charge in [0.25, 0.3) is 0 Å². The van der Waals surface area contributed by atoms with Gasteiger partial charge in [0, 0.05) is 23.7 Å². The Balaban J connectivity index is 1.72. The lowest BCUT2D eigenvalue weighted by Crippen LogP contribution is -2.12. The van der Waals surface area contributed by atoms with Gasteiger partial charge in [0.05, 0.1) is 18.6 Å². The first-order valence-electron chi connectivity index (χ1n) is 9.60. The zero-order chi connectivity index (χ0) is 18.4. The number of nitrogens with zero attached hydrogens (tertiary/aromatic N) is 1. The van der Waals surface area contributed by atoms with Crippen molar-refractivity contribution < 1.29 is 18.7 Å². The number of furan rings is 1. The van der Waals surface area contributed by atoms with Crippen LogP contribution in [0, 0.1) is 0 Å². The van der Waals surface area contributed by atoms with Crippen LogP contribution < -0.4 is 4.74 Å². The minimum atomic E-state index is -0.287. The average Bonchev–Trinajstić information content (AvgIpc) is 3.31. The van der Waals surface area contributed by atoms with Crippen LogP contribution in [-0.4, -0.2) is 11.0 Å². The molecule has 3 heterocycles. The lowest BCUT2D eigenvalue weighted by molar-refractivity contribution is -0.134. The Kier molecular flexibility index (Phi) is 6.45. The molecule has 0 radical (unpaired) electrons. The molecule has 1 aliphatic rings. The van der Waals surface area contributed by atoms with E-state index in [4.69, 9.17) is 13.9 Å². The number of esters is 1. The Hall–Kier alpha value is -2.14. The van der Waals surface area contributed by atoms with Crippen molar-refractivity contribution in [2.45, 2.75) is 71.5 Å². The smallest absolute Gasteiger partial charge is 0.311 e. The minimum absolute atomic E-state index is 0.187. The monoisotopic (exact) mass is 357 g/mol. The Morgan fingerprint density at radius 2 is 2.12 bits per heavy atom. The molecular weight excluding hydrogens is 330 g/mol. The van der Waals surface area contributed by atoms with Crippen LogP contribution in [0.15, 0.2) is 29.0 Å². The van der Waals surface area contributed by atoms with E-state index in [9.17, 15) is 4.79 Å². The van der Waals surface area contributed by atoms with Crippen LogP contribution >= 0.6 is 0 Å². The van der Waals surface area contributed by atoms with Crippen molar-refractivity contribution >= 4 is 5.97 Å². The molecule has 0 aromatic carbocycles. The van der Waals surface area contributed by atoms with Gasteiger partial charge >= 0.3 is 5.97 Å². The van der Waals surface area contributed by atoms with Crippen LogP contribution in [0.3, 0.4) is 0 Å². The van der Waals surface area contributed by atoms with E-state index in [-0.39, 0.29) is 12.1 Å². The van der Waals surface area contributed by atoms with E-state index in [0.717, 1.165) is 35.4 Å². The van der Waals surface area contributed by atoms with Gasteiger partial charge in [-0.25, -0.2) is 0 Å². The summed E-state index contributed by atoms with van der Waals surface area (Å²) in [7, 11) is 0. The minimum Gasteiger partial charge on any atom is -0.466 e. The van der Waals surface area contributed by atoms with Gasteiger partial charge in [0.2, 0.25) is 0 Å². The average molecular weight is 357 g/mol. The number of fused-ring (bicyclic) bond motifs is 1. The molecule has 0 saturated heterocycles. The van der Waals surface area contributed by atoms with Gasteiger partial charge in [0.1, 0.15) is 11.9 Å². The van der Waals surface area contributed by atoms with Crippen LogP contribution in [0.5, 0.6) is 5.75 Å². The number of carbonyl (C=O) groups excluding carboxylic acids is 1. The number of aryl methyl sites for hydroxylation is 1.